The average molecular weight is 1860 g/mol. The van der Waals surface area contributed by atoms with E-state index in [1.165, 1.54) is 12.8 Å². The lowest BCUT2D eigenvalue weighted by Gasteiger charge is -2.32. The molecule has 0 saturated heterocycles. The summed E-state index contributed by atoms with van der Waals surface area (Å²) in [5.74, 6) is 0. The van der Waals surface area contributed by atoms with Crippen molar-refractivity contribution in [2.45, 2.75) is 264 Å². The Morgan fingerprint density at radius 1 is 0.264 bits per heavy atom. The lowest BCUT2D eigenvalue weighted by molar-refractivity contribution is 0.281. The van der Waals surface area contributed by atoms with E-state index < -0.39 is 0 Å². The molecule has 0 heterocycles. The van der Waals surface area contributed by atoms with Crippen molar-refractivity contribution >= 4 is 125 Å². The molecule has 21 nitrogen and oxygen atoms in total. The van der Waals surface area contributed by atoms with Crippen molar-refractivity contribution in [1.82, 2.24) is 24.9 Å². The molecule has 0 fully saturated rings. The molecular weight excluding hydrogens is 1700 g/mol. The van der Waals surface area contributed by atoms with Crippen LogP contribution < -0.4 is 89.5 Å². The Bertz CT molecular complexity index is 5040. The third-order valence-corrected chi connectivity index (χ3v) is 25.0. The van der Waals surface area contributed by atoms with Gasteiger partial charge in [-0.2, -0.15) is 0 Å². The van der Waals surface area contributed by atoms with E-state index in [2.05, 4.69) is 251 Å². The van der Waals surface area contributed by atoms with Gasteiger partial charge in [-0.05, 0) is 136 Å². The number of hydrogen-bond acceptors (Lipinski definition) is 28. The molecule has 28 heteroatoms. The Morgan fingerprint density at radius 2 is 0.496 bits per heavy atom. The van der Waals surface area contributed by atoms with E-state index in [-0.39, 0.29) is 75.9 Å². The number of nitrogens with zero attached hydrogens (tertiary/aromatic N) is 10. The number of likely N-dealkylation sites (N-methyl/N-ethyl adjacent to an activating group) is 10. The van der Waals surface area contributed by atoms with Gasteiger partial charge in [0.1, 0.15) is 0 Å². The first kappa shape index (κ1) is 118. The number of hydrogen-bond donors (Lipinski definition) is 4. The molecule has 7 aromatic carbocycles. The topological polar surface area (TPSA) is 228 Å². The average Bonchev–Trinajstić information content (AvgIpc) is 0.720. The largest absolute Gasteiger partial charge is 0.382 e. The molecule has 6 N–H and O–H groups in total. The number of nitrogens with two attached hydrogens (primary N) is 2. The lowest BCUT2D eigenvalue weighted by Crippen LogP contribution is -2.39. The quantitative estimate of drug-likeness (QED) is 0.0208. The minimum Gasteiger partial charge on any atom is -0.382 e. The van der Waals surface area contributed by atoms with Gasteiger partial charge in [0, 0.05) is 166 Å². The predicted molar refractivity (Wildman–Crippen MR) is 562 cm³/mol. The van der Waals surface area contributed by atoms with Crippen LogP contribution in [0.3, 0.4) is 0 Å². The van der Waals surface area contributed by atoms with Crippen molar-refractivity contribution in [3.8, 4) is 0 Å². The predicted octanol–water partition coefficient (Wildman–Crippen LogP) is 16.7. The summed E-state index contributed by atoms with van der Waals surface area (Å²) in [6.45, 7) is 78.6. The fraction of sp³-hybridized carbons (Fsp3) is 0.711. The summed E-state index contributed by atoms with van der Waals surface area (Å²) in [5, 5.41) is 6.19. The Hall–Kier alpha value is -5.18. The number of rotatable bonds is 38. The second-order valence-corrected chi connectivity index (χ2v) is 43.4. The molecule has 0 amide bonds. The van der Waals surface area contributed by atoms with Crippen molar-refractivity contribution in [1.29, 1.82) is 0 Å². The van der Waals surface area contributed by atoms with E-state index in [1.54, 1.807) is 0 Å². The van der Waals surface area contributed by atoms with Crippen molar-refractivity contribution in [2.24, 2.45) is 11.5 Å². The van der Waals surface area contributed by atoms with Gasteiger partial charge in [0.15, 0.2) is 0 Å². The molecule has 708 valence electrons. The molecule has 0 bridgehead atoms. The van der Waals surface area contributed by atoms with Crippen LogP contribution in [0, 0.1) is 31.6 Å². The van der Waals surface area contributed by atoms with Crippen molar-refractivity contribution in [3.63, 3.8) is 0 Å². The highest BCUT2D eigenvalue weighted by Crippen LogP contribution is 2.39. The molecule has 0 aliphatic rings. The maximum absolute atomic E-state index is 12.1. The Balaban J connectivity index is 0.000000732. The molecule has 0 spiro atoms. The monoisotopic (exact) mass is 1860 g/mol. The van der Waals surface area contributed by atoms with Crippen LogP contribution >= 0.6 is 85.5 Å². The van der Waals surface area contributed by atoms with Gasteiger partial charge < -0.3 is 71.1 Å². The molecule has 0 unspecified atom stereocenters. The van der Waals surface area contributed by atoms with Crippen LogP contribution in [0.4, 0.5) is 39.8 Å². The van der Waals surface area contributed by atoms with E-state index in [0.717, 1.165) is 210 Å². The van der Waals surface area contributed by atoms with E-state index in [0.29, 0.717) is 56.9 Å². The van der Waals surface area contributed by atoms with Gasteiger partial charge in [-0.3, -0.25) is 33.6 Å². The van der Waals surface area contributed by atoms with E-state index in [9.17, 15) is 33.6 Å². The highest BCUT2D eigenvalue weighted by Gasteiger charge is 2.36. The number of anilines is 7. The van der Waals surface area contributed by atoms with Crippen molar-refractivity contribution in [2.75, 3.05) is 229 Å². The summed E-state index contributed by atoms with van der Waals surface area (Å²) in [4.78, 5) is 105. The summed E-state index contributed by atoms with van der Waals surface area (Å²) in [7, 11) is 15.8. The molecular formula is C97H166N14O7S7. The lowest BCUT2D eigenvalue weighted by atomic mass is 9.82. The maximum Gasteiger partial charge on any atom is 0.220 e. The Morgan fingerprint density at radius 3 is 0.736 bits per heavy atom. The second kappa shape index (κ2) is 51.6. The second-order valence-electron chi connectivity index (χ2n) is 40.5. The van der Waals surface area contributed by atoms with Crippen LogP contribution in [0.5, 0.6) is 0 Å². The van der Waals surface area contributed by atoms with Crippen LogP contribution in [0.25, 0.3) is 0 Å². The zero-order valence-corrected chi connectivity index (χ0v) is 89.9. The zero-order valence-electron chi connectivity index (χ0n) is 84.2. The highest BCUT2D eigenvalue weighted by molar-refractivity contribution is 7.72. The first-order valence-corrected chi connectivity index (χ1v) is 48.0. The van der Waals surface area contributed by atoms with Crippen LogP contribution in [-0.2, 0) is 37.9 Å². The molecule has 0 radical (unpaired) electrons. The third kappa shape index (κ3) is 32.7. The Kier molecular flexibility index (Phi) is 48.6. The van der Waals surface area contributed by atoms with Gasteiger partial charge >= 0.3 is 0 Å². The van der Waals surface area contributed by atoms with E-state index in [4.69, 9.17) is 97.0 Å². The fourth-order valence-corrected chi connectivity index (χ4v) is 18.8. The number of nitrogens with one attached hydrogen (secondary N) is 2. The normalized spacial score (nSPS) is 12.2. The summed E-state index contributed by atoms with van der Waals surface area (Å²) < 4.78 is 3.59. The SMILES string of the molecule is CC(C)(C)c1c(NCCCN)c(=O)c1=S.CCCN(C)CCN(C)c1c(C(C)(C)C)c(=S)c1=O.CCCN(CC)CCN(C)c1c(C(C)(C)C)c(=S)c1=O.CCCN(CCC)CCN(C)c1c(C(C)(C)C)c(=S)c1=O.CCN(CC)CCN(C)c1c(C(C)(C)C)c(=S)c1=O.CN(CCN)c1c(C(C)(C)C)c(=S)c1=O.CNCCN(C)c1c(C(C)(C)C)c(=S)c1=O. The van der Waals surface area contributed by atoms with Crippen molar-refractivity contribution < 1.29 is 0 Å². The first-order chi connectivity index (χ1) is 57.4. The van der Waals surface area contributed by atoms with Gasteiger partial charge in [0.2, 0.25) is 38.0 Å². The van der Waals surface area contributed by atoms with Gasteiger partial charge in [-0.15, -0.1) is 0 Å². The molecule has 125 heavy (non-hydrogen) atoms. The Labute approximate surface area is 790 Å². The molecule has 7 rings (SSSR count). The minimum absolute atomic E-state index is 0.00845. The fourth-order valence-electron chi connectivity index (χ4n) is 15.3. The van der Waals surface area contributed by atoms with Gasteiger partial charge in [0.25, 0.3) is 0 Å². The smallest absolute Gasteiger partial charge is 0.220 e. The standard InChI is InChI=1S/C17H30N2OS.C16H28N2OS.2C15H26N2OS.C12H20N2OS.2C11H18N2OS/c1-7-9-19(10-8-2)12-11-18(6)14-13(17(3,4)5)16(21)15(14)20;1-7-9-18(8-2)11-10-17(6)13-12(16(3,4)5)15(20)14(13)19;1-7-8-16(5)9-10-17(6)12-11(15(2,3)4)14(19)13(12)18;1-7-17(8-2)10-9-16(6)12-11(15(3,4)5)14(19)13(12)18;1-12(2,3)8-9(10(15)11(8)16)14(5)7-6-13-4;1-11(2,3)7-8(9(14)10(7)15)13(4)6-5-12;1-11(2,3)7-8(9(14)10(7)15)13-6-4-5-12/h7-12H2,1-6H3;7-11H2,1-6H3;2*7-10H2,1-6H3;13H,6-7H2,1-5H3;5-6,12H2,1-4H3;13H,4-6,12H2,1-3H3. The van der Waals surface area contributed by atoms with Gasteiger partial charge in [-0.25, -0.2) is 0 Å². The van der Waals surface area contributed by atoms with Crippen LogP contribution in [0.1, 0.15) is 265 Å². The molecule has 0 atom stereocenters. The summed E-state index contributed by atoms with van der Waals surface area (Å²) in [5.41, 5.74) is 23.4. The zero-order chi connectivity index (χ0) is 97.2. The van der Waals surface area contributed by atoms with E-state index in [1.807, 2.05) is 59.1 Å². The maximum atomic E-state index is 12.1. The van der Waals surface area contributed by atoms with Crippen LogP contribution in [-0.4, -0.2) is 213 Å². The minimum atomic E-state index is -0.0663. The van der Waals surface area contributed by atoms with Crippen LogP contribution in [0.15, 0.2) is 33.6 Å². The summed E-state index contributed by atoms with van der Waals surface area (Å²) >= 11 is 36.2. The van der Waals surface area contributed by atoms with E-state index >= 15 is 0 Å². The third-order valence-electron chi connectivity index (χ3n) is 22.2. The molecule has 0 saturated carbocycles. The first-order valence-electron chi connectivity index (χ1n) is 45.2. The van der Waals surface area contributed by atoms with Gasteiger partial charge in [0.05, 0.1) is 71.4 Å². The van der Waals surface area contributed by atoms with Crippen LogP contribution in [0.2, 0.25) is 0 Å². The summed E-state index contributed by atoms with van der Waals surface area (Å²) in [6, 6.07) is 0. The molecule has 0 aliphatic heterocycles. The highest BCUT2D eigenvalue weighted by atomic mass is 32.1. The summed E-state index contributed by atoms with van der Waals surface area (Å²) in [6.07, 6.45) is 5.52. The molecule has 7 aromatic rings. The van der Waals surface area contributed by atoms with Gasteiger partial charge in [-0.1, -0.05) is 279 Å². The molecule has 0 aliphatic carbocycles. The molecule has 0 aromatic heterocycles. The van der Waals surface area contributed by atoms with Crippen molar-refractivity contribution in [3.05, 3.63) is 142 Å².